The van der Waals surface area contributed by atoms with E-state index < -0.39 is 10.0 Å². The number of hydrogen-bond acceptors (Lipinski definition) is 7. The van der Waals surface area contributed by atoms with Gasteiger partial charge in [0.1, 0.15) is 12.4 Å². The lowest BCUT2D eigenvalue weighted by Gasteiger charge is -2.29. The number of aryl methyl sites for hydroxylation is 2. The van der Waals surface area contributed by atoms with Gasteiger partial charge < -0.3 is 14.6 Å². The van der Waals surface area contributed by atoms with Crippen LogP contribution < -0.4 is 10.1 Å². The van der Waals surface area contributed by atoms with Crippen molar-refractivity contribution in [2.45, 2.75) is 31.4 Å². The number of imidazole rings is 1. The van der Waals surface area contributed by atoms with E-state index in [1.165, 1.54) is 10.5 Å². The Morgan fingerprint density at radius 1 is 1.18 bits per heavy atom. The molecule has 0 unspecified atom stereocenters. The molecule has 1 aliphatic rings. The molecule has 0 spiro atoms. The predicted molar refractivity (Wildman–Crippen MR) is 121 cm³/mol. The Kier molecular flexibility index (Phi) is 6.70. The number of rotatable bonds is 7. The summed E-state index contributed by atoms with van der Waals surface area (Å²) >= 11 is 0. The molecule has 0 aliphatic carbocycles. The summed E-state index contributed by atoms with van der Waals surface area (Å²) in [7, 11) is -1.92. The van der Waals surface area contributed by atoms with E-state index in [1.807, 2.05) is 12.1 Å². The first kappa shape index (κ1) is 22.9. The number of hydrogen-bond donors (Lipinski definition) is 1. The Morgan fingerprint density at radius 2 is 1.91 bits per heavy atom. The van der Waals surface area contributed by atoms with Crippen molar-refractivity contribution in [2.75, 3.05) is 18.4 Å². The Morgan fingerprint density at radius 3 is 2.58 bits per heavy atom. The van der Waals surface area contributed by atoms with Gasteiger partial charge in [0.2, 0.25) is 5.91 Å². The van der Waals surface area contributed by atoms with Gasteiger partial charge in [-0.05, 0) is 49.6 Å². The van der Waals surface area contributed by atoms with Crippen LogP contribution in [-0.4, -0.2) is 51.2 Å². The van der Waals surface area contributed by atoms with Gasteiger partial charge in [0, 0.05) is 50.8 Å². The molecule has 174 valence electrons. The van der Waals surface area contributed by atoms with Crippen molar-refractivity contribution in [1.82, 2.24) is 23.8 Å². The first-order valence-corrected chi connectivity index (χ1v) is 12.1. The van der Waals surface area contributed by atoms with Crippen LogP contribution in [-0.2, 0) is 28.5 Å². The van der Waals surface area contributed by atoms with Gasteiger partial charge in [0.05, 0.1) is 0 Å². The van der Waals surface area contributed by atoms with Crippen molar-refractivity contribution in [3.63, 3.8) is 0 Å². The first-order valence-electron chi connectivity index (χ1n) is 10.6. The highest BCUT2D eigenvalue weighted by Gasteiger charge is 2.33. The van der Waals surface area contributed by atoms with Crippen LogP contribution in [0.2, 0.25) is 0 Å². The molecule has 0 radical (unpaired) electrons. The minimum absolute atomic E-state index is 0.0369. The lowest BCUT2D eigenvalue weighted by Crippen LogP contribution is -2.41. The molecule has 3 aromatic rings. The van der Waals surface area contributed by atoms with Crippen LogP contribution in [0.15, 0.2) is 54.1 Å². The van der Waals surface area contributed by atoms with Gasteiger partial charge in [-0.15, -0.1) is 0 Å². The van der Waals surface area contributed by atoms with Crippen molar-refractivity contribution >= 4 is 21.7 Å². The van der Waals surface area contributed by atoms with Crippen molar-refractivity contribution in [3.8, 4) is 5.75 Å². The summed E-state index contributed by atoms with van der Waals surface area (Å²) in [5, 5.41) is 2.88. The number of anilines is 1. The van der Waals surface area contributed by atoms with Gasteiger partial charge in [-0.1, -0.05) is 0 Å². The summed E-state index contributed by atoms with van der Waals surface area (Å²) < 4.78 is 34.6. The predicted octanol–water partition coefficient (Wildman–Crippen LogP) is 2.14. The van der Waals surface area contributed by atoms with E-state index in [9.17, 15) is 13.2 Å². The molecule has 11 heteroatoms. The normalized spacial score (nSPS) is 15.3. The van der Waals surface area contributed by atoms with Crippen LogP contribution in [0.5, 0.6) is 5.75 Å². The molecule has 1 saturated heterocycles. The monoisotopic (exact) mass is 470 g/mol. The standard InChI is InChI=1S/C22H26N6O4S/c1-16-25-20(14-27(16)2)33(30,31)28-12-7-18(8-13-28)22(29)26-21-19(4-3-9-24-21)32-15-17-5-10-23-11-6-17/h3-6,9-11,14,18H,7-8,12-13,15H2,1-2H3,(H,24,26,29). The van der Waals surface area contributed by atoms with E-state index >= 15 is 0 Å². The summed E-state index contributed by atoms with van der Waals surface area (Å²) in [4.78, 5) is 25.2. The number of piperidine rings is 1. The van der Waals surface area contributed by atoms with Crippen molar-refractivity contribution < 1.29 is 17.9 Å². The molecule has 10 nitrogen and oxygen atoms in total. The molecule has 3 aromatic heterocycles. The maximum Gasteiger partial charge on any atom is 0.262 e. The lowest BCUT2D eigenvalue weighted by atomic mass is 9.97. The zero-order valence-corrected chi connectivity index (χ0v) is 19.3. The van der Waals surface area contributed by atoms with Gasteiger partial charge in [0.25, 0.3) is 10.0 Å². The van der Waals surface area contributed by atoms with Crippen molar-refractivity contribution in [1.29, 1.82) is 0 Å². The molecule has 1 aliphatic heterocycles. The topological polar surface area (TPSA) is 119 Å². The second-order valence-corrected chi connectivity index (χ2v) is 9.78. The molecule has 0 saturated carbocycles. The average Bonchev–Trinajstić information content (AvgIpc) is 3.18. The van der Waals surface area contributed by atoms with Gasteiger partial charge in [-0.25, -0.2) is 18.4 Å². The maximum atomic E-state index is 12.9. The highest BCUT2D eigenvalue weighted by Crippen LogP contribution is 2.27. The molecule has 0 aromatic carbocycles. The summed E-state index contributed by atoms with van der Waals surface area (Å²) in [5.74, 6) is 0.911. The highest BCUT2D eigenvalue weighted by atomic mass is 32.2. The van der Waals surface area contributed by atoms with Gasteiger partial charge >= 0.3 is 0 Å². The number of amides is 1. The molecule has 4 heterocycles. The molecule has 4 rings (SSSR count). The maximum absolute atomic E-state index is 12.9. The van der Waals surface area contributed by atoms with Crippen LogP contribution in [0.25, 0.3) is 0 Å². The zero-order valence-electron chi connectivity index (χ0n) is 18.5. The third-order valence-corrected chi connectivity index (χ3v) is 7.44. The van der Waals surface area contributed by atoms with Gasteiger partial charge in [0.15, 0.2) is 16.6 Å². The molecule has 1 N–H and O–H groups in total. The molecule has 33 heavy (non-hydrogen) atoms. The summed E-state index contributed by atoms with van der Waals surface area (Å²) in [5.41, 5.74) is 0.947. The molecular weight excluding hydrogens is 444 g/mol. The number of ether oxygens (including phenoxy) is 1. The number of carbonyl (C=O) groups is 1. The second kappa shape index (κ2) is 9.67. The van der Waals surface area contributed by atoms with Crippen LogP contribution in [0.1, 0.15) is 24.2 Å². The smallest absolute Gasteiger partial charge is 0.262 e. The largest absolute Gasteiger partial charge is 0.485 e. The Labute approximate surface area is 192 Å². The van der Waals surface area contributed by atoms with Crippen molar-refractivity contribution in [3.05, 3.63) is 60.4 Å². The molecule has 0 atom stereocenters. The van der Waals surface area contributed by atoms with E-state index in [0.717, 1.165) is 5.56 Å². The van der Waals surface area contributed by atoms with E-state index in [0.29, 0.717) is 36.8 Å². The van der Waals surface area contributed by atoms with Crippen LogP contribution in [0.4, 0.5) is 5.82 Å². The molecule has 1 amide bonds. The second-order valence-electron chi connectivity index (χ2n) is 7.90. The SMILES string of the molecule is Cc1nc(S(=O)(=O)N2CCC(C(=O)Nc3ncccc3OCc3ccncc3)CC2)cn1C. The van der Waals surface area contributed by atoms with E-state index in [-0.39, 0.29) is 29.9 Å². The molecule has 0 bridgehead atoms. The number of carbonyl (C=O) groups excluding carboxylic acids is 1. The third kappa shape index (κ3) is 5.20. The Bertz CT molecular complexity index is 1200. The highest BCUT2D eigenvalue weighted by molar-refractivity contribution is 7.89. The Hall–Kier alpha value is -3.31. The Balaban J connectivity index is 1.36. The van der Waals surface area contributed by atoms with Crippen LogP contribution >= 0.6 is 0 Å². The lowest BCUT2D eigenvalue weighted by molar-refractivity contribution is -0.120. The summed E-state index contributed by atoms with van der Waals surface area (Å²) in [6, 6.07) is 7.18. The summed E-state index contributed by atoms with van der Waals surface area (Å²) in [6.07, 6.45) is 7.29. The number of nitrogens with zero attached hydrogens (tertiary/aromatic N) is 5. The number of sulfonamides is 1. The summed E-state index contributed by atoms with van der Waals surface area (Å²) in [6.45, 7) is 2.58. The number of aromatic nitrogens is 4. The average molecular weight is 471 g/mol. The first-order chi connectivity index (χ1) is 15.8. The fourth-order valence-electron chi connectivity index (χ4n) is 3.60. The molecular formula is C22H26N6O4S. The number of nitrogens with one attached hydrogen (secondary N) is 1. The minimum atomic E-state index is -3.68. The fourth-order valence-corrected chi connectivity index (χ4v) is 5.10. The van der Waals surface area contributed by atoms with E-state index in [2.05, 4.69) is 20.3 Å². The minimum Gasteiger partial charge on any atom is -0.485 e. The van der Waals surface area contributed by atoms with Gasteiger partial charge in [-0.2, -0.15) is 4.31 Å². The molecule has 1 fully saturated rings. The van der Waals surface area contributed by atoms with Crippen LogP contribution in [0.3, 0.4) is 0 Å². The van der Waals surface area contributed by atoms with E-state index in [1.54, 1.807) is 49.3 Å². The van der Waals surface area contributed by atoms with Crippen LogP contribution in [0, 0.1) is 12.8 Å². The van der Waals surface area contributed by atoms with Gasteiger partial charge in [-0.3, -0.25) is 9.78 Å². The quantitative estimate of drug-likeness (QED) is 0.562. The number of pyridine rings is 2. The third-order valence-electron chi connectivity index (χ3n) is 5.67. The fraction of sp³-hybridized carbons (Fsp3) is 0.364. The zero-order chi connectivity index (χ0) is 23.4. The van der Waals surface area contributed by atoms with E-state index in [4.69, 9.17) is 4.74 Å². The van der Waals surface area contributed by atoms with Crippen molar-refractivity contribution in [2.24, 2.45) is 13.0 Å².